The second kappa shape index (κ2) is 15.2. The lowest BCUT2D eigenvalue weighted by atomic mass is 10.1. The molecule has 0 bridgehead atoms. The highest BCUT2D eigenvalue weighted by atomic mass is 35.5. The van der Waals surface area contributed by atoms with Crippen LogP contribution in [0.3, 0.4) is 0 Å². The topological polar surface area (TPSA) is 106 Å². The summed E-state index contributed by atoms with van der Waals surface area (Å²) >= 11 is 13.4. The van der Waals surface area contributed by atoms with Gasteiger partial charge in [0.1, 0.15) is 17.2 Å². The predicted octanol–water partition coefficient (Wildman–Crippen LogP) is 7.15. The van der Waals surface area contributed by atoms with E-state index in [9.17, 15) is 14.4 Å². The highest BCUT2D eigenvalue weighted by Crippen LogP contribution is 2.28. The largest absolute Gasteiger partial charge is 0.497 e. The molecule has 220 valence electrons. The number of benzene rings is 4. The van der Waals surface area contributed by atoms with E-state index in [1.807, 2.05) is 0 Å². The number of methoxy groups -OCH3 is 2. The third-order valence-electron chi connectivity index (χ3n) is 5.95. The number of hydrogen-bond donors (Lipinski definition) is 3. The van der Waals surface area contributed by atoms with Gasteiger partial charge in [0, 0.05) is 32.8 Å². The maximum Gasteiger partial charge on any atom is 0.272 e. The number of anilines is 2. The molecule has 3 N–H and O–H groups in total. The molecule has 0 radical (unpaired) electrons. The number of rotatable bonds is 11. The molecule has 0 saturated heterocycles. The number of amides is 3. The van der Waals surface area contributed by atoms with Crippen molar-refractivity contribution >= 4 is 70.1 Å². The number of carbonyl (C=O) groups is 3. The van der Waals surface area contributed by atoms with Gasteiger partial charge in [-0.05, 0) is 72.8 Å². The maximum absolute atomic E-state index is 13.4. The Morgan fingerprint density at radius 3 is 2.28 bits per heavy atom. The van der Waals surface area contributed by atoms with Crippen molar-refractivity contribution in [3.05, 3.63) is 118 Å². The van der Waals surface area contributed by atoms with Crippen LogP contribution in [-0.2, 0) is 9.59 Å². The number of hydrogen-bond acceptors (Lipinski definition) is 6. The van der Waals surface area contributed by atoms with Gasteiger partial charge in [-0.2, -0.15) is 0 Å². The first-order valence-corrected chi connectivity index (χ1v) is 14.6. The van der Waals surface area contributed by atoms with Crippen LogP contribution in [0.15, 0.2) is 102 Å². The fourth-order valence-corrected chi connectivity index (χ4v) is 4.83. The monoisotopic (exact) mass is 635 g/mol. The van der Waals surface area contributed by atoms with E-state index in [1.165, 1.54) is 24.9 Å². The molecule has 3 amide bonds. The van der Waals surface area contributed by atoms with Gasteiger partial charge in [-0.3, -0.25) is 14.4 Å². The fraction of sp³-hybridized carbons (Fsp3) is 0.0938. The van der Waals surface area contributed by atoms with E-state index < -0.39 is 11.8 Å². The molecule has 0 fully saturated rings. The average molecular weight is 637 g/mol. The zero-order valence-electron chi connectivity index (χ0n) is 23.2. The summed E-state index contributed by atoms with van der Waals surface area (Å²) in [4.78, 5) is 39.6. The van der Waals surface area contributed by atoms with Crippen molar-refractivity contribution in [1.82, 2.24) is 5.32 Å². The van der Waals surface area contributed by atoms with Crippen molar-refractivity contribution in [2.24, 2.45) is 0 Å². The van der Waals surface area contributed by atoms with Crippen LogP contribution in [0.1, 0.15) is 15.9 Å². The van der Waals surface area contributed by atoms with Crippen LogP contribution >= 0.6 is 35.0 Å². The minimum absolute atomic E-state index is 0.00659. The van der Waals surface area contributed by atoms with Gasteiger partial charge < -0.3 is 25.4 Å². The highest BCUT2D eigenvalue weighted by Gasteiger charge is 2.17. The molecule has 0 atom stereocenters. The van der Waals surface area contributed by atoms with Crippen LogP contribution in [0.5, 0.6) is 11.5 Å². The van der Waals surface area contributed by atoms with Crippen molar-refractivity contribution < 1.29 is 23.9 Å². The van der Waals surface area contributed by atoms with Crippen LogP contribution < -0.4 is 25.4 Å². The Balaban J connectivity index is 1.46. The second-order valence-electron chi connectivity index (χ2n) is 8.93. The molecular weight excluding hydrogens is 609 g/mol. The maximum atomic E-state index is 13.4. The van der Waals surface area contributed by atoms with Gasteiger partial charge in [-0.1, -0.05) is 41.4 Å². The summed E-state index contributed by atoms with van der Waals surface area (Å²) in [5.74, 6) is -0.0570. The Morgan fingerprint density at radius 2 is 1.58 bits per heavy atom. The number of ether oxygens (including phenoxy) is 2. The third kappa shape index (κ3) is 9.02. The van der Waals surface area contributed by atoms with E-state index in [0.717, 1.165) is 4.90 Å². The Labute approximate surface area is 263 Å². The third-order valence-corrected chi connectivity index (χ3v) is 7.53. The van der Waals surface area contributed by atoms with Crippen LogP contribution in [0, 0.1) is 0 Å². The highest BCUT2D eigenvalue weighted by molar-refractivity contribution is 8.00. The van der Waals surface area contributed by atoms with Crippen LogP contribution in [-0.4, -0.2) is 37.7 Å². The van der Waals surface area contributed by atoms with Crippen molar-refractivity contribution in [3.63, 3.8) is 0 Å². The lowest BCUT2D eigenvalue weighted by Gasteiger charge is -2.13. The lowest BCUT2D eigenvalue weighted by Crippen LogP contribution is -2.30. The first-order chi connectivity index (χ1) is 20.7. The summed E-state index contributed by atoms with van der Waals surface area (Å²) < 4.78 is 10.7. The van der Waals surface area contributed by atoms with Gasteiger partial charge in [0.05, 0.1) is 30.7 Å². The number of halogens is 2. The molecule has 4 aromatic carbocycles. The standard InChI is InChI=1S/C32H27Cl2N3O5S/c1-41-24-12-8-21(29(18-24)42-2)16-28(37-31(39)20-6-4-3-5-7-20)32(40)35-23-10-13-25(14-11-23)43-19-30(38)36-27-17-22(33)9-15-26(27)34/h3-18H,19H2,1-2H3,(H,35,40)(H,36,38)(H,37,39)/b28-16-. The van der Waals surface area contributed by atoms with Gasteiger partial charge >= 0.3 is 0 Å². The minimum atomic E-state index is -0.541. The smallest absolute Gasteiger partial charge is 0.272 e. The molecule has 4 aromatic rings. The zero-order chi connectivity index (χ0) is 30.8. The van der Waals surface area contributed by atoms with E-state index in [0.29, 0.717) is 44.0 Å². The Bertz CT molecular complexity index is 1650. The van der Waals surface area contributed by atoms with Crippen LogP contribution in [0.25, 0.3) is 6.08 Å². The number of nitrogens with one attached hydrogen (secondary N) is 3. The van der Waals surface area contributed by atoms with Crippen LogP contribution in [0.2, 0.25) is 10.0 Å². The van der Waals surface area contributed by atoms with E-state index in [-0.39, 0.29) is 17.4 Å². The second-order valence-corrected chi connectivity index (χ2v) is 10.8. The predicted molar refractivity (Wildman–Crippen MR) is 172 cm³/mol. The molecule has 0 aliphatic rings. The van der Waals surface area contributed by atoms with Crippen LogP contribution in [0.4, 0.5) is 11.4 Å². The molecular formula is C32H27Cl2N3O5S. The molecule has 0 unspecified atom stereocenters. The minimum Gasteiger partial charge on any atom is -0.497 e. The quantitative estimate of drug-likeness (QED) is 0.119. The summed E-state index contributed by atoms with van der Waals surface area (Å²) in [5, 5.41) is 9.12. The SMILES string of the molecule is COc1ccc(/C=C(\NC(=O)c2ccccc2)C(=O)Nc2ccc(SCC(=O)Nc3cc(Cl)ccc3Cl)cc2)c(OC)c1. The Kier molecular flexibility index (Phi) is 11.1. The first-order valence-electron chi connectivity index (χ1n) is 12.8. The Hall–Kier alpha value is -4.44. The molecule has 0 saturated carbocycles. The average Bonchev–Trinajstić information content (AvgIpc) is 3.02. The first kappa shape index (κ1) is 31.5. The molecule has 0 aliphatic heterocycles. The molecule has 43 heavy (non-hydrogen) atoms. The lowest BCUT2D eigenvalue weighted by molar-refractivity contribution is -0.114. The van der Waals surface area contributed by atoms with E-state index in [2.05, 4.69) is 16.0 Å². The van der Waals surface area contributed by atoms with Gasteiger partial charge in [-0.25, -0.2) is 0 Å². The van der Waals surface area contributed by atoms with Crippen molar-refractivity contribution in [3.8, 4) is 11.5 Å². The molecule has 4 rings (SSSR count). The summed E-state index contributed by atoms with van der Waals surface area (Å²) in [6, 6.07) is 25.5. The van der Waals surface area contributed by atoms with Crippen molar-refractivity contribution in [1.29, 1.82) is 0 Å². The molecule has 11 heteroatoms. The zero-order valence-corrected chi connectivity index (χ0v) is 25.5. The van der Waals surface area contributed by atoms with E-state index >= 15 is 0 Å². The van der Waals surface area contributed by atoms with E-state index in [4.69, 9.17) is 32.7 Å². The molecule has 8 nitrogen and oxygen atoms in total. The normalized spacial score (nSPS) is 10.9. The summed E-state index contributed by atoms with van der Waals surface area (Å²) in [5.41, 5.74) is 1.89. The van der Waals surface area contributed by atoms with Gasteiger partial charge in [-0.15, -0.1) is 11.8 Å². The molecule has 0 spiro atoms. The number of thioether (sulfide) groups is 1. The fourth-order valence-electron chi connectivity index (χ4n) is 3.80. The molecule has 0 aromatic heterocycles. The Morgan fingerprint density at radius 1 is 0.837 bits per heavy atom. The number of carbonyl (C=O) groups excluding carboxylic acids is 3. The van der Waals surface area contributed by atoms with Gasteiger partial charge in [0.15, 0.2) is 0 Å². The summed E-state index contributed by atoms with van der Waals surface area (Å²) in [7, 11) is 3.04. The summed E-state index contributed by atoms with van der Waals surface area (Å²) in [6.07, 6.45) is 1.53. The molecule has 0 heterocycles. The summed E-state index contributed by atoms with van der Waals surface area (Å²) in [6.45, 7) is 0. The van der Waals surface area contributed by atoms with Crippen molar-refractivity contribution in [2.75, 3.05) is 30.6 Å². The molecule has 0 aliphatic carbocycles. The van der Waals surface area contributed by atoms with E-state index in [1.54, 1.807) is 98.1 Å². The van der Waals surface area contributed by atoms with Gasteiger partial charge in [0.2, 0.25) is 5.91 Å². The van der Waals surface area contributed by atoms with Gasteiger partial charge in [0.25, 0.3) is 11.8 Å². The van der Waals surface area contributed by atoms with Crippen molar-refractivity contribution in [2.45, 2.75) is 4.90 Å².